The number of Topliss-reactive ketones (excluding diaryl/α,β-unsaturated/α-hetero) is 1. The number of halogens is 4. The highest BCUT2D eigenvalue weighted by Gasteiger charge is 2.33. The molecule has 2 N–H and O–H groups in total. The molecule has 36 heavy (non-hydrogen) atoms. The molecule has 1 aliphatic rings. The Morgan fingerprint density at radius 2 is 1.72 bits per heavy atom. The van der Waals surface area contributed by atoms with E-state index in [-0.39, 0.29) is 25.3 Å². The fourth-order valence-electron chi connectivity index (χ4n) is 3.91. The van der Waals surface area contributed by atoms with Gasteiger partial charge in [-0.25, -0.2) is 4.98 Å². The van der Waals surface area contributed by atoms with Crippen molar-refractivity contribution in [2.45, 2.75) is 19.4 Å². The second kappa shape index (κ2) is 11.4. The van der Waals surface area contributed by atoms with Crippen molar-refractivity contribution in [1.82, 2.24) is 20.4 Å². The first kappa shape index (κ1) is 26.1. The second-order valence-corrected chi connectivity index (χ2v) is 9.71. The Kier molecular flexibility index (Phi) is 8.26. The summed E-state index contributed by atoms with van der Waals surface area (Å²) in [5, 5.41) is 1.29. The molecule has 1 aromatic heterocycles. The van der Waals surface area contributed by atoms with Crippen LogP contribution in [0.5, 0.6) is 0 Å². The third-order valence-corrected chi connectivity index (χ3v) is 6.99. The minimum absolute atomic E-state index is 0.00502. The summed E-state index contributed by atoms with van der Waals surface area (Å²) >= 11 is 18.4. The van der Waals surface area contributed by atoms with Crippen molar-refractivity contribution < 1.29 is 14.1 Å². The van der Waals surface area contributed by atoms with E-state index in [9.17, 15) is 14.1 Å². The van der Waals surface area contributed by atoms with Crippen LogP contribution in [0.3, 0.4) is 0 Å². The van der Waals surface area contributed by atoms with Crippen molar-refractivity contribution in [1.29, 1.82) is 0 Å². The minimum atomic E-state index is -1.15. The number of benzene rings is 2. The molecular formula is C26H22Cl3FN4O2. The lowest BCUT2D eigenvalue weighted by Crippen LogP contribution is -2.49. The van der Waals surface area contributed by atoms with E-state index in [1.807, 2.05) is 19.1 Å². The highest BCUT2D eigenvalue weighted by atomic mass is 35.5. The molecule has 2 heterocycles. The summed E-state index contributed by atoms with van der Waals surface area (Å²) in [6, 6.07) is 9.29. The Bertz CT molecular complexity index is 1280. The lowest BCUT2D eigenvalue weighted by atomic mass is 9.93. The molecule has 1 fully saturated rings. The zero-order chi connectivity index (χ0) is 25.8. The highest BCUT2D eigenvalue weighted by Crippen LogP contribution is 2.27. The van der Waals surface area contributed by atoms with Gasteiger partial charge < -0.3 is 9.88 Å². The Morgan fingerprint density at radius 3 is 2.28 bits per heavy atom. The predicted octanol–water partition coefficient (Wildman–Crippen LogP) is 5.64. The number of hydrogen-bond donors (Lipinski definition) is 2. The smallest absolute Gasteiger partial charge is 0.243 e. The first-order valence-electron chi connectivity index (χ1n) is 11.0. The molecule has 0 saturated carbocycles. The molecule has 3 aromatic rings. The number of ketones is 1. The molecule has 10 heteroatoms. The van der Waals surface area contributed by atoms with Crippen LogP contribution in [0.2, 0.25) is 15.1 Å². The molecule has 4 rings (SSSR count). The molecule has 1 aliphatic heterocycles. The Hall–Kier alpha value is -2.97. The molecule has 0 bridgehead atoms. The topological polar surface area (TPSA) is 78.1 Å². The van der Waals surface area contributed by atoms with E-state index in [2.05, 4.69) is 9.97 Å². The number of aromatic nitrogens is 2. The number of carbonyl (C=O) groups is 2. The molecule has 1 unspecified atom stereocenters. The zero-order valence-electron chi connectivity index (χ0n) is 19.2. The summed E-state index contributed by atoms with van der Waals surface area (Å²) in [6.07, 6.45) is 6.41. The van der Waals surface area contributed by atoms with Crippen molar-refractivity contribution >= 4 is 58.6 Å². The highest BCUT2D eigenvalue weighted by molar-refractivity contribution is 6.42. The number of H-pyrrole nitrogens is 1. The third-order valence-electron chi connectivity index (χ3n) is 5.85. The van der Waals surface area contributed by atoms with E-state index in [0.29, 0.717) is 37.5 Å². The van der Waals surface area contributed by atoms with Gasteiger partial charge in [0, 0.05) is 47.6 Å². The van der Waals surface area contributed by atoms with E-state index in [4.69, 9.17) is 34.8 Å². The van der Waals surface area contributed by atoms with E-state index >= 15 is 0 Å². The summed E-state index contributed by atoms with van der Waals surface area (Å²) in [5.74, 6) is -0.715. The number of piperidine rings is 1. The number of imidazole rings is 1. The van der Waals surface area contributed by atoms with Crippen molar-refractivity contribution in [2.24, 2.45) is 0 Å². The number of nitrogens with zero attached hydrogens (tertiary/aromatic N) is 2. The molecule has 0 radical (unpaired) electrons. The van der Waals surface area contributed by atoms with Gasteiger partial charge >= 0.3 is 0 Å². The normalized spacial score (nSPS) is 17.1. The Labute approximate surface area is 222 Å². The van der Waals surface area contributed by atoms with Gasteiger partial charge in [-0.1, -0.05) is 53.0 Å². The van der Waals surface area contributed by atoms with Crippen LogP contribution in [0.4, 0.5) is 4.48 Å². The fraction of sp³-hybridized carbons (Fsp3) is 0.192. The zero-order valence-corrected chi connectivity index (χ0v) is 21.5. The molecular weight excluding hydrogens is 526 g/mol. The average Bonchev–Trinajstić information content (AvgIpc) is 3.37. The molecule has 0 aliphatic carbocycles. The molecule has 1 atom stereocenters. The number of carbonyl (C=O) groups excluding carboxylic acids is 2. The van der Waals surface area contributed by atoms with Crippen LogP contribution < -0.4 is 5.54 Å². The lowest BCUT2D eigenvalue weighted by Gasteiger charge is -2.32. The van der Waals surface area contributed by atoms with E-state index in [0.717, 1.165) is 11.1 Å². The maximum absolute atomic E-state index is 13.7. The SMILES string of the molecule is Cc1ccc(/C=C2\CN(C(=O)C(Cc3cnc[nH]3)NF)C/C(=C\c3ccc(Cl)c(Cl)c3)C2=O)cc1Cl. The number of likely N-dealkylation sites (tertiary alicyclic amines) is 1. The number of rotatable bonds is 6. The second-order valence-electron chi connectivity index (χ2n) is 8.49. The minimum Gasteiger partial charge on any atom is -0.348 e. The monoisotopic (exact) mass is 546 g/mol. The summed E-state index contributed by atoms with van der Waals surface area (Å²) in [4.78, 5) is 35.0. The maximum atomic E-state index is 13.7. The van der Waals surface area contributed by atoms with Gasteiger partial charge in [0.1, 0.15) is 6.04 Å². The van der Waals surface area contributed by atoms with E-state index < -0.39 is 11.9 Å². The van der Waals surface area contributed by atoms with Crippen LogP contribution >= 0.6 is 34.8 Å². The summed E-state index contributed by atoms with van der Waals surface area (Å²) in [7, 11) is 0. The van der Waals surface area contributed by atoms with Gasteiger partial charge in [-0.15, -0.1) is 10.0 Å². The Morgan fingerprint density at radius 1 is 1.08 bits per heavy atom. The number of aryl methyl sites for hydroxylation is 1. The maximum Gasteiger partial charge on any atom is 0.243 e. The summed E-state index contributed by atoms with van der Waals surface area (Å²) in [6.45, 7) is 1.90. The van der Waals surface area contributed by atoms with Crippen LogP contribution in [0.25, 0.3) is 12.2 Å². The fourth-order valence-corrected chi connectivity index (χ4v) is 4.40. The van der Waals surface area contributed by atoms with Crippen molar-refractivity contribution in [3.63, 3.8) is 0 Å². The molecule has 2 aromatic carbocycles. The van der Waals surface area contributed by atoms with Gasteiger partial charge in [0.25, 0.3) is 0 Å². The van der Waals surface area contributed by atoms with Crippen LogP contribution in [0.1, 0.15) is 22.4 Å². The average molecular weight is 548 g/mol. The van der Waals surface area contributed by atoms with Gasteiger partial charge in [-0.2, -0.15) is 0 Å². The van der Waals surface area contributed by atoms with E-state index in [1.165, 1.54) is 17.4 Å². The number of aromatic amines is 1. The first-order valence-corrected chi connectivity index (χ1v) is 12.2. The number of hydrogen-bond acceptors (Lipinski definition) is 4. The first-order chi connectivity index (χ1) is 17.2. The quantitative estimate of drug-likeness (QED) is 0.309. The van der Waals surface area contributed by atoms with Crippen LogP contribution in [0, 0.1) is 6.92 Å². The summed E-state index contributed by atoms with van der Waals surface area (Å²) in [5.41, 5.74) is 5.20. The summed E-state index contributed by atoms with van der Waals surface area (Å²) < 4.78 is 13.7. The van der Waals surface area contributed by atoms with Crippen LogP contribution in [-0.4, -0.2) is 45.7 Å². The van der Waals surface area contributed by atoms with Crippen molar-refractivity contribution in [3.05, 3.63) is 97.5 Å². The standard InChI is InChI=1S/C26H22Cl3FN4O2/c1-15-2-3-16(8-22(15)28)6-18-12-34(26(36)24(33-30)10-20-11-31-14-32-20)13-19(25(18)35)7-17-4-5-21(27)23(29)9-17/h2-9,11,14,24,33H,10,12-13H2,1H3,(H,31,32)/b18-6+,19-7+. The van der Waals surface area contributed by atoms with Crippen molar-refractivity contribution in [3.8, 4) is 0 Å². The van der Waals surface area contributed by atoms with Crippen LogP contribution in [-0.2, 0) is 16.0 Å². The van der Waals surface area contributed by atoms with Gasteiger partial charge in [-0.3, -0.25) is 9.59 Å². The lowest BCUT2D eigenvalue weighted by molar-refractivity contribution is -0.134. The Balaban J connectivity index is 1.70. The van der Waals surface area contributed by atoms with E-state index in [1.54, 1.807) is 42.0 Å². The number of amides is 1. The molecule has 186 valence electrons. The van der Waals surface area contributed by atoms with Crippen molar-refractivity contribution in [2.75, 3.05) is 13.1 Å². The molecule has 6 nitrogen and oxygen atoms in total. The van der Waals surface area contributed by atoms with Gasteiger partial charge in [0.05, 0.1) is 16.4 Å². The van der Waals surface area contributed by atoms with Gasteiger partial charge in [0.15, 0.2) is 5.78 Å². The van der Waals surface area contributed by atoms with Gasteiger partial charge in [-0.05, 0) is 54.0 Å². The van der Waals surface area contributed by atoms with Crippen LogP contribution in [0.15, 0.2) is 60.1 Å². The molecule has 0 spiro atoms. The molecule has 1 saturated heterocycles. The largest absolute Gasteiger partial charge is 0.348 e. The number of nitrogens with one attached hydrogen (secondary N) is 2. The molecule has 1 amide bonds. The van der Waals surface area contributed by atoms with Gasteiger partial charge in [0.2, 0.25) is 5.91 Å². The predicted molar refractivity (Wildman–Crippen MR) is 141 cm³/mol. The third kappa shape index (κ3) is 6.05.